The van der Waals surface area contributed by atoms with E-state index in [1.54, 1.807) is 13.8 Å². The zero-order valence-corrected chi connectivity index (χ0v) is 17.7. The Morgan fingerprint density at radius 1 is 1.29 bits per heavy atom. The lowest BCUT2D eigenvalue weighted by Gasteiger charge is -2.28. The highest BCUT2D eigenvalue weighted by molar-refractivity contribution is 7.89. The Balaban J connectivity index is 1.80. The molecule has 1 aromatic carbocycles. The van der Waals surface area contributed by atoms with Crippen LogP contribution in [0.3, 0.4) is 0 Å². The predicted octanol–water partition coefficient (Wildman–Crippen LogP) is 4.13. The molecule has 0 saturated heterocycles. The summed E-state index contributed by atoms with van der Waals surface area (Å²) in [7, 11) is -3.85. The lowest BCUT2D eigenvalue weighted by atomic mass is 9.85. The third-order valence-corrected chi connectivity index (χ3v) is 8.14. The quantitative estimate of drug-likeness (QED) is 0.664. The van der Waals surface area contributed by atoms with Gasteiger partial charge in [-0.05, 0) is 57.0 Å². The molecule has 1 aliphatic rings. The van der Waals surface area contributed by atoms with Gasteiger partial charge in [-0.15, -0.1) is 11.3 Å². The summed E-state index contributed by atoms with van der Waals surface area (Å²) < 4.78 is 47.4. The summed E-state index contributed by atoms with van der Waals surface area (Å²) in [4.78, 5) is 1.84. The Bertz CT molecular complexity index is 918. The summed E-state index contributed by atoms with van der Waals surface area (Å²) in [6.07, 6.45) is 3.28. The van der Waals surface area contributed by atoms with Crippen molar-refractivity contribution in [3.8, 4) is 5.75 Å². The minimum absolute atomic E-state index is 0.0398. The van der Waals surface area contributed by atoms with E-state index in [-0.39, 0.29) is 22.6 Å². The van der Waals surface area contributed by atoms with E-state index in [9.17, 15) is 17.9 Å². The normalized spacial score (nSPS) is 17.6. The van der Waals surface area contributed by atoms with Crippen LogP contribution in [0.25, 0.3) is 0 Å². The maximum absolute atomic E-state index is 14.1. The largest absolute Gasteiger partial charge is 0.491 e. The van der Waals surface area contributed by atoms with Crippen LogP contribution in [-0.4, -0.2) is 26.7 Å². The van der Waals surface area contributed by atoms with Gasteiger partial charge in [0.25, 0.3) is 0 Å². The van der Waals surface area contributed by atoms with E-state index >= 15 is 0 Å². The molecule has 1 aliphatic carbocycles. The minimum Gasteiger partial charge on any atom is -0.491 e. The maximum Gasteiger partial charge on any atom is 0.240 e. The topological polar surface area (TPSA) is 75.6 Å². The maximum atomic E-state index is 14.1. The number of sulfonamides is 1. The number of thiophene rings is 1. The molecule has 0 spiro atoms. The van der Waals surface area contributed by atoms with Crippen molar-refractivity contribution in [1.29, 1.82) is 0 Å². The fourth-order valence-corrected chi connectivity index (χ4v) is 5.99. The van der Waals surface area contributed by atoms with Crippen LogP contribution in [0.1, 0.15) is 55.4 Å². The molecule has 2 aromatic rings. The monoisotopic (exact) mass is 427 g/mol. The van der Waals surface area contributed by atoms with Crippen LogP contribution >= 0.6 is 11.3 Å². The van der Waals surface area contributed by atoms with E-state index < -0.39 is 21.9 Å². The van der Waals surface area contributed by atoms with Gasteiger partial charge < -0.3 is 9.84 Å². The zero-order chi connectivity index (χ0) is 20.4. The van der Waals surface area contributed by atoms with Gasteiger partial charge in [0, 0.05) is 21.7 Å². The smallest absolute Gasteiger partial charge is 0.240 e. The number of halogens is 1. The van der Waals surface area contributed by atoms with Crippen molar-refractivity contribution in [2.24, 2.45) is 0 Å². The number of nitrogens with one attached hydrogen (secondary N) is 1. The van der Waals surface area contributed by atoms with Crippen LogP contribution in [-0.2, 0) is 15.4 Å². The molecule has 1 saturated carbocycles. The van der Waals surface area contributed by atoms with Gasteiger partial charge in [-0.3, -0.25) is 0 Å². The molecule has 0 unspecified atom stereocenters. The summed E-state index contributed by atoms with van der Waals surface area (Å²) >= 11 is 1.53. The second kappa shape index (κ2) is 8.49. The van der Waals surface area contributed by atoms with Crippen molar-refractivity contribution < 1.29 is 22.7 Å². The van der Waals surface area contributed by atoms with E-state index in [2.05, 4.69) is 4.72 Å². The summed E-state index contributed by atoms with van der Waals surface area (Å²) in [6.45, 7) is 4.02. The fraction of sp³-hybridized carbons (Fsp3) is 0.500. The highest BCUT2D eigenvalue weighted by atomic mass is 32.2. The van der Waals surface area contributed by atoms with Crippen molar-refractivity contribution in [1.82, 2.24) is 4.72 Å². The first-order chi connectivity index (χ1) is 13.3. The molecule has 8 heteroatoms. The van der Waals surface area contributed by atoms with Gasteiger partial charge in [0.2, 0.25) is 10.0 Å². The molecular weight excluding hydrogens is 401 g/mol. The molecule has 0 bridgehead atoms. The Morgan fingerprint density at radius 3 is 2.57 bits per heavy atom. The third kappa shape index (κ3) is 4.40. The van der Waals surface area contributed by atoms with Crippen molar-refractivity contribution in [2.75, 3.05) is 13.2 Å². The standard InChI is InChI=1S/C20H26FNO4S2/c1-3-26-17-7-6-15(12-16(17)21)28(24,25)22-13-20(10-4-5-11-20)19-9-8-18(27-19)14(2)23/h6-9,12,14,22-23H,3-5,10-11,13H2,1-2H3/t14-/m0/s1. The van der Waals surface area contributed by atoms with Gasteiger partial charge in [-0.2, -0.15) is 0 Å². The number of hydrogen-bond donors (Lipinski definition) is 2. The van der Waals surface area contributed by atoms with E-state index in [4.69, 9.17) is 4.74 Å². The Hall–Kier alpha value is -1.48. The number of rotatable bonds is 8. The van der Waals surface area contributed by atoms with Gasteiger partial charge >= 0.3 is 0 Å². The summed E-state index contributed by atoms with van der Waals surface area (Å²) in [5.74, 6) is -0.655. The van der Waals surface area contributed by atoms with Crippen molar-refractivity contribution >= 4 is 21.4 Å². The van der Waals surface area contributed by atoms with Crippen molar-refractivity contribution in [2.45, 2.75) is 55.9 Å². The van der Waals surface area contributed by atoms with Crippen molar-refractivity contribution in [3.05, 3.63) is 45.9 Å². The first-order valence-corrected chi connectivity index (χ1v) is 11.8. The third-order valence-electron chi connectivity index (χ3n) is 5.24. The molecule has 0 aliphatic heterocycles. The van der Waals surface area contributed by atoms with E-state index in [1.165, 1.54) is 23.5 Å². The minimum atomic E-state index is -3.85. The Morgan fingerprint density at radius 2 is 2.00 bits per heavy atom. The molecule has 5 nitrogen and oxygen atoms in total. The van der Waals surface area contributed by atoms with Crippen LogP contribution < -0.4 is 9.46 Å². The van der Waals surface area contributed by atoms with Crippen LogP contribution in [0.15, 0.2) is 35.2 Å². The lowest BCUT2D eigenvalue weighted by Crippen LogP contribution is -2.38. The number of ether oxygens (including phenoxy) is 1. The summed E-state index contributed by atoms with van der Waals surface area (Å²) in [6, 6.07) is 7.58. The van der Waals surface area contributed by atoms with Crippen LogP contribution in [0.4, 0.5) is 4.39 Å². The van der Waals surface area contributed by atoms with Gasteiger partial charge in [0.15, 0.2) is 11.6 Å². The molecule has 1 heterocycles. The highest BCUT2D eigenvalue weighted by Gasteiger charge is 2.38. The van der Waals surface area contributed by atoms with E-state index in [0.717, 1.165) is 41.5 Å². The fourth-order valence-electron chi connectivity index (χ4n) is 3.66. The second-order valence-electron chi connectivity index (χ2n) is 7.22. The average Bonchev–Trinajstić information content (AvgIpc) is 3.32. The van der Waals surface area contributed by atoms with Gasteiger partial charge in [0.1, 0.15) is 0 Å². The zero-order valence-electron chi connectivity index (χ0n) is 16.1. The number of aliphatic hydroxyl groups excluding tert-OH is 1. The highest BCUT2D eigenvalue weighted by Crippen LogP contribution is 2.44. The first kappa shape index (κ1) is 21.2. The predicted molar refractivity (Wildman–Crippen MR) is 108 cm³/mol. The summed E-state index contributed by atoms with van der Waals surface area (Å²) in [5.41, 5.74) is -0.283. The molecule has 1 fully saturated rings. The van der Waals surface area contributed by atoms with Crippen LogP contribution in [0.2, 0.25) is 0 Å². The second-order valence-corrected chi connectivity index (χ2v) is 10.1. The SMILES string of the molecule is CCOc1ccc(S(=O)(=O)NCC2(c3ccc([C@H](C)O)s3)CCCC2)cc1F. The molecule has 2 N–H and O–H groups in total. The average molecular weight is 428 g/mol. The molecule has 1 aromatic heterocycles. The van der Waals surface area contributed by atoms with Gasteiger partial charge in [-0.25, -0.2) is 17.5 Å². The van der Waals surface area contributed by atoms with E-state index in [0.29, 0.717) is 6.61 Å². The molecular formula is C20H26FNO4S2. The summed E-state index contributed by atoms with van der Waals surface area (Å²) in [5, 5.41) is 9.81. The first-order valence-electron chi connectivity index (χ1n) is 9.48. The number of hydrogen-bond acceptors (Lipinski definition) is 5. The Kier molecular flexibility index (Phi) is 6.44. The molecule has 154 valence electrons. The molecule has 0 amide bonds. The lowest BCUT2D eigenvalue weighted by molar-refractivity contribution is 0.203. The molecule has 3 rings (SSSR count). The number of aliphatic hydroxyl groups is 1. The van der Waals surface area contributed by atoms with Crippen LogP contribution in [0.5, 0.6) is 5.75 Å². The Labute approximate surface area is 169 Å². The van der Waals surface area contributed by atoms with E-state index in [1.807, 2.05) is 12.1 Å². The van der Waals surface area contributed by atoms with Gasteiger partial charge in [-0.1, -0.05) is 12.8 Å². The van der Waals surface area contributed by atoms with Crippen LogP contribution in [0, 0.1) is 5.82 Å². The van der Waals surface area contributed by atoms with Crippen molar-refractivity contribution in [3.63, 3.8) is 0 Å². The van der Waals surface area contributed by atoms with Gasteiger partial charge in [0.05, 0.1) is 17.6 Å². The molecule has 1 atom stereocenters. The number of benzene rings is 1. The molecule has 0 radical (unpaired) electrons. The molecule has 28 heavy (non-hydrogen) atoms.